The zero-order valence-corrected chi connectivity index (χ0v) is 11.6. The van der Waals surface area contributed by atoms with Crippen LogP contribution in [0.2, 0.25) is 0 Å². The minimum absolute atomic E-state index is 0.252. The van der Waals surface area contributed by atoms with Crippen molar-refractivity contribution >= 4 is 17.5 Å². The minimum atomic E-state index is 0.252. The molecule has 1 atom stereocenters. The van der Waals surface area contributed by atoms with Gasteiger partial charge < -0.3 is 4.90 Å². The summed E-state index contributed by atoms with van der Waals surface area (Å²) >= 11 is 6.13. The molecule has 1 unspecified atom stereocenters. The second-order valence-electron chi connectivity index (χ2n) is 5.68. The normalized spacial score (nSPS) is 25.9. The highest BCUT2D eigenvalue weighted by Gasteiger charge is 2.30. The molecule has 0 N–H and O–H groups in total. The molecule has 1 saturated heterocycles. The largest absolute Gasteiger partial charge is 0.342 e. The van der Waals surface area contributed by atoms with Gasteiger partial charge in [0, 0.05) is 24.4 Å². The Kier molecular flexibility index (Phi) is 4.72. The smallest absolute Gasteiger partial charge is 0.225 e. The number of carbonyl (C=O) groups excluding carboxylic acids is 1. The van der Waals surface area contributed by atoms with Gasteiger partial charge in [0.15, 0.2) is 0 Å². The van der Waals surface area contributed by atoms with Crippen LogP contribution in [0.5, 0.6) is 0 Å². The number of alkyl halides is 1. The molecule has 1 aliphatic carbocycles. The number of amides is 1. The van der Waals surface area contributed by atoms with Gasteiger partial charge in [-0.2, -0.15) is 0 Å². The van der Waals surface area contributed by atoms with E-state index in [4.69, 9.17) is 11.6 Å². The molecule has 0 aromatic carbocycles. The van der Waals surface area contributed by atoms with Gasteiger partial charge in [-0.15, -0.1) is 11.6 Å². The molecule has 1 heterocycles. The highest BCUT2D eigenvalue weighted by molar-refractivity contribution is 6.20. The monoisotopic (exact) mass is 257 g/mol. The first kappa shape index (κ1) is 13.2. The molecule has 0 spiro atoms. The maximum atomic E-state index is 12.3. The van der Waals surface area contributed by atoms with E-state index < -0.39 is 0 Å². The summed E-state index contributed by atoms with van der Waals surface area (Å²) in [6, 6.07) is 0. The van der Waals surface area contributed by atoms with Crippen molar-refractivity contribution in [3.8, 4) is 0 Å². The minimum Gasteiger partial charge on any atom is -0.342 e. The van der Waals surface area contributed by atoms with Crippen molar-refractivity contribution in [1.82, 2.24) is 4.90 Å². The lowest BCUT2D eigenvalue weighted by atomic mass is 9.87. The van der Waals surface area contributed by atoms with E-state index in [1.54, 1.807) is 0 Å². The Morgan fingerprint density at radius 1 is 1.12 bits per heavy atom. The van der Waals surface area contributed by atoms with Crippen molar-refractivity contribution < 1.29 is 4.79 Å². The average Bonchev–Trinajstić information content (AvgIpc) is 2.39. The SMILES string of the molecule is CC(Cl)C1CCN(C(=O)C2CCCCC2)CC1. The van der Waals surface area contributed by atoms with E-state index in [9.17, 15) is 4.79 Å². The lowest BCUT2D eigenvalue weighted by molar-refractivity contribution is -0.138. The first-order valence-electron chi connectivity index (χ1n) is 7.11. The molecule has 0 radical (unpaired) electrons. The fraction of sp³-hybridized carbons (Fsp3) is 0.929. The van der Waals surface area contributed by atoms with Crippen LogP contribution in [0.15, 0.2) is 0 Å². The summed E-state index contributed by atoms with van der Waals surface area (Å²) in [4.78, 5) is 14.4. The Bertz CT molecular complexity index is 253. The molecule has 3 heteroatoms. The molecule has 17 heavy (non-hydrogen) atoms. The summed E-state index contributed by atoms with van der Waals surface area (Å²) in [7, 11) is 0. The molecule has 2 fully saturated rings. The van der Waals surface area contributed by atoms with Crippen LogP contribution < -0.4 is 0 Å². The van der Waals surface area contributed by atoms with E-state index in [2.05, 4.69) is 11.8 Å². The van der Waals surface area contributed by atoms with E-state index in [0.717, 1.165) is 38.8 Å². The second kappa shape index (κ2) is 6.08. The Morgan fingerprint density at radius 3 is 2.24 bits per heavy atom. The van der Waals surface area contributed by atoms with Crippen molar-refractivity contribution in [1.29, 1.82) is 0 Å². The van der Waals surface area contributed by atoms with Crippen LogP contribution in [-0.4, -0.2) is 29.3 Å². The molecule has 2 nitrogen and oxygen atoms in total. The Hall–Kier alpha value is -0.240. The van der Waals surface area contributed by atoms with Gasteiger partial charge in [0.2, 0.25) is 5.91 Å². The van der Waals surface area contributed by atoms with Crippen molar-refractivity contribution in [2.24, 2.45) is 11.8 Å². The molecule has 1 saturated carbocycles. The Morgan fingerprint density at radius 2 is 1.71 bits per heavy atom. The molecular formula is C14H24ClNO. The third-order valence-electron chi connectivity index (χ3n) is 4.46. The number of hydrogen-bond donors (Lipinski definition) is 0. The van der Waals surface area contributed by atoms with Crippen LogP contribution in [0.3, 0.4) is 0 Å². The molecule has 1 amide bonds. The van der Waals surface area contributed by atoms with Crippen molar-refractivity contribution in [3.63, 3.8) is 0 Å². The van der Waals surface area contributed by atoms with Gasteiger partial charge in [0.25, 0.3) is 0 Å². The van der Waals surface area contributed by atoms with Crippen molar-refractivity contribution in [3.05, 3.63) is 0 Å². The first-order chi connectivity index (χ1) is 8.18. The van der Waals surface area contributed by atoms with Crippen LogP contribution in [0.1, 0.15) is 51.9 Å². The van der Waals surface area contributed by atoms with Gasteiger partial charge in [-0.3, -0.25) is 4.79 Å². The van der Waals surface area contributed by atoms with Gasteiger partial charge in [-0.25, -0.2) is 0 Å². The summed E-state index contributed by atoms with van der Waals surface area (Å²) in [5, 5.41) is 0.252. The van der Waals surface area contributed by atoms with Gasteiger partial charge in [0.1, 0.15) is 0 Å². The van der Waals surface area contributed by atoms with E-state index in [-0.39, 0.29) is 5.38 Å². The molecule has 1 aliphatic heterocycles. The molecule has 98 valence electrons. The van der Waals surface area contributed by atoms with E-state index in [0.29, 0.717) is 17.7 Å². The fourth-order valence-electron chi connectivity index (χ4n) is 3.19. The van der Waals surface area contributed by atoms with Crippen LogP contribution in [0, 0.1) is 11.8 Å². The standard InChI is InChI=1S/C14H24ClNO/c1-11(15)12-7-9-16(10-8-12)14(17)13-5-3-2-4-6-13/h11-13H,2-10H2,1H3. The highest BCUT2D eigenvalue weighted by atomic mass is 35.5. The third kappa shape index (κ3) is 3.37. The Balaban J connectivity index is 1.81. The van der Waals surface area contributed by atoms with Gasteiger partial charge in [0.05, 0.1) is 0 Å². The lowest BCUT2D eigenvalue weighted by Gasteiger charge is -2.36. The number of likely N-dealkylation sites (tertiary alicyclic amines) is 1. The second-order valence-corrected chi connectivity index (χ2v) is 6.36. The summed E-state index contributed by atoms with van der Waals surface area (Å²) in [6.07, 6.45) is 8.20. The summed E-state index contributed by atoms with van der Waals surface area (Å²) in [5.41, 5.74) is 0. The van der Waals surface area contributed by atoms with Crippen LogP contribution in [0.25, 0.3) is 0 Å². The van der Waals surface area contributed by atoms with Crippen LogP contribution >= 0.6 is 11.6 Å². The van der Waals surface area contributed by atoms with Crippen LogP contribution in [-0.2, 0) is 4.79 Å². The predicted molar refractivity (Wildman–Crippen MR) is 71.2 cm³/mol. The van der Waals surface area contributed by atoms with E-state index in [1.165, 1.54) is 19.3 Å². The maximum Gasteiger partial charge on any atom is 0.225 e. The quantitative estimate of drug-likeness (QED) is 0.694. The summed E-state index contributed by atoms with van der Waals surface area (Å²) in [6.45, 7) is 3.93. The number of nitrogens with zero attached hydrogens (tertiary/aromatic N) is 1. The predicted octanol–water partition coefficient (Wildman–Crippen LogP) is 3.43. The molecule has 2 rings (SSSR count). The molecular weight excluding hydrogens is 234 g/mol. The van der Waals surface area contributed by atoms with Gasteiger partial charge >= 0.3 is 0 Å². The topological polar surface area (TPSA) is 20.3 Å². The van der Waals surface area contributed by atoms with Gasteiger partial charge in [-0.05, 0) is 38.5 Å². The fourth-order valence-corrected chi connectivity index (χ4v) is 3.44. The number of rotatable bonds is 2. The number of halogens is 1. The highest BCUT2D eigenvalue weighted by Crippen LogP contribution is 2.29. The zero-order chi connectivity index (χ0) is 12.3. The molecule has 0 bridgehead atoms. The van der Waals surface area contributed by atoms with Crippen molar-refractivity contribution in [2.45, 2.75) is 57.2 Å². The molecule has 2 aliphatic rings. The summed E-state index contributed by atoms with van der Waals surface area (Å²) in [5.74, 6) is 1.35. The van der Waals surface area contributed by atoms with Gasteiger partial charge in [-0.1, -0.05) is 19.3 Å². The molecule has 0 aromatic heterocycles. The van der Waals surface area contributed by atoms with Crippen LogP contribution in [0.4, 0.5) is 0 Å². The summed E-state index contributed by atoms with van der Waals surface area (Å²) < 4.78 is 0. The zero-order valence-electron chi connectivity index (χ0n) is 10.8. The first-order valence-corrected chi connectivity index (χ1v) is 7.55. The Labute approximate surface area is 110 Å². The molecule has 0 aromatic rings. The van der Waals surface area contributed by atoms with E-state index in [1.807, 2.05) is 0 Å². The third-order valence-corrected chi connectivity index (χ3v) is 4.81. The number of hydrogen-bond acceptors (Lipinski definition) is 1. The van der Waals surface area contributed by atoms with Crippen molar-refractivity contribution in [2.75, 3.05) is 13.1 Å². The maximum absolute atomic E-state index is 12.3. The number of carbonyl (C=O) groups is 1. The average molecular weight is 258 g/mol. The number of piperidine rings is 1. The van der Waals surface area contributed by atoms with E-state index >= 15 is 0 Å². The lowest BCUT2D eigenvalue weighted by Crippen LogP contribution is -2.43.